The van der Waals surface area contributed by atoms with Crippen LogP contribution in [0.1, 0.15) is 24.0 Å². The zero-order valence-electron chi connectivity index (χ0n) is 19.1. The lowest BCUT2D eigenvalue weighted by atomic mass is 10.1. The van der Waals surface area contributed by atoms with Gasteiger partial charge in [0.25, 0.3) is 10.0 Å². The minimum absolute atomic E-state index is 0.0317. The van der Waals surface area contributed by atoms with Crippen LogP contribution in [-0.2, 0) is 32.7 Å². The Morgan fingerprint density at radius 3 is 2.23 bits per heavy atom. The molecule has 0 unspecified atom stereocenters. The van der Waals surface area contributed by atoms with Gasteiger partial charge in [-0.15, -0.1) is 0 Å². The number of anilines is 1. The minimum atomic E-state index is -4.05. The van der Waals surface area contributed by atoms with Gasteiger partial charge in [-0.2, -0.15) is 0 Å². The number of sulfonamides is 1. The number of nitrogens with zero attached hydrogens (tertiary/aromatic N) is 2. The summed E-state index contributed by atoms with van der Waals surface area (Å²) in [5.74, 6) is -0.842. The number of carbonyl (C=O) groups is 2. The molecule has 2 amide bonds. The maximum absolute atomic E-state index is 13.4. The van der Waals surface area contributed by atoms with Crippen molar-refractivity contribution in [2.24, 2.45) is 0 Å². The van der Waals surface area contributed by atoms with Crippen molar-refractivity contribution in [2.45, 2.75) is 30.8 Å². The molecule has 0 radical (unpaired) electrons. The van der Waals surface area contributed by atoms with Gasteiger partial charge < -0.3 is 10.2 Å². The van der Waals surface area contributed by atoms with Gasteiger partial charge in [-0.25, -0.2) is 12.8 Å². The first-order valence-corrected chi connectivity index (χ1v) is 12.7. The lowest BCUT2D eigenvalue weighted by Gasteiger charge is -2.24. The van der Waals surface area contributed by atoms with Gasteiger partial charge in [-0.3, -0.25) is 13.9 Å². The highest BCUT2D eigenvalue weighted by Gasteiger charge is 2.27. The fraction of sp³-hybridized carbons (Fsp3) is 0.231. The molecule has 3 aromatic rings. The summed E-state index contributed by atoms with van der Waals surface area (Å²) in [6.45, 7) is 1.09. The number of amides is 2. The third kappa shape index (κ3) is 6.05. The molecule has 1 heterocycles. The van der Waals surface area contributed by atoms with E-state index in [2.05, 4.69) is 5.32 Å². The maximum Gasteiger partial charge on any atom is 0.264 e. The van der Waals surface area contributed by atoms with E-state index in [-0.39, 0.29) is 23.0 Å². The van der Waals surface area contributed by atoms with Crippen LogP contribution in [0.5, 0.6) is 0 Å². The van der Waals surface area contributed by atoms with E-state index < -0.39 is 28.3 Å². The molecule has 1 N–H and O–H groups in total. The Morgan fingerprint density at radius 2 is 1.60 bits per heavy atom. The highest BCUT2D eigenvalue weighted by molar-refractivity contribution is 7.92. The molecule has 1 fully saturated rings. The fourth-order valence-corrected chi connectivity index (χ4v) is 5.33. The molecule has 4 rings (SSSR count). The van der Waals surface area contributed by atoms with Crippen molar-refractivity contribution in [3.05, 3.63) is 95.8 Å². The van der Waals surface area contributed by atoms with Crippen LogP contribution < -0.4 is 9.62 Å². The zero-order chi connectivity index (χ0) is 24.8. The molecule has 182 valence electrons. The molecule has 9 heteroatoms. The Morgan fingerprint density at radius 1 is 0.943 bits per heavy atom. The predicted octanol–water partition coefficient (Wildman–Crippen LogP) is 3.46. The van der Waals surface area contributed by atoms with Crippen molar-refractivity contribution in [3.8, 4) is 0 Å². The molecule has 1 saturated heterocycles. The summed E-state index contributed by atoms with van der Waals surface area (Å²) >= 11 is 0. The van der Waals surface area contributed by atoms with Gasteiger partial charge in [-0.05, 0) is 53.9 Å². The van der Waals surface area contributed by atoms with E-state index in [9.17, 15) is 22.4 Å². The maximum atomic E-state index is 13.4. The van der Waals surface area contributed by atoms with E-state index in [1.165, 1.54) is 24.3 Å². The van der Waals surface area contributed by atoms with Gasteiger partial charge in [0.15, 0.2) is 0 Å². The van der Waals surface area contributed by atoms with Crippen molar-refractivity contribution in [3.63, 3.8) is 0 Å². The first-order chi connectivity index (χ1) is 16.8. The standard InChI is InChI=1S/C26H26FN3O4S/c27-22-12-14-23(15-13-22)30(35(33,34)24-5-2-1-3-6-24)19-25(31)28-17-20-8-10-21(11-9-20)18-29-16-4-7-26(29)32/h1-3,5-6,8-15H,4,7,16-19H2,(H,28,31). The molecule has 0 atom stereocenters. The van der Waals surface area contributed by atoms with Crippen molar-refractivity contribution < 1.29 is 22.4 Å². The van der Waals surface area contributed by atoms with Gasteiger partial charge >= 0.3 is 0 Å². The number of halogens is 1. The second-order valence-corrected chi connectivity index (χ2v) is 10.2. The molecule has 0 aliphatic carbocycles. The highest BCUT2D eigenvalue weighted by atomic mass is 32.2. The summed E-state index contributed by atoms with van der Waals surface area (Å²) < 4.78 is 40.9. The van der Waals surface area contributed by atoms with E-state index in [0.717, 1.165) is 40.5 Å². The molecular formula is C26H26FN3O4S. The Labute approximate surface area is 204 Å². The van der Waals surface area contributed by atoms with E-state index in [0.29, 0.717) is 13.0 Å². The second-order valence-electron chi connectivity index (χ2n) is 8.31. The van der Waals surface area contributed by atoms with Crippen molar-refractivity contribution in [1.29, 1.82) is 0 Å². The molecule has 1 aliphatic heterocycles. The van der Waals surface area contributed by atoms with Crippen LogP contribution in [0.4, 0.5) is 10.1 Å². The van der Waals surface area contributed by atoms with Crippen LogP contribution in [0.3, 0.4) is 0 Å². The van der Waals surface area contributed by atoms with E-state index >= 15 is 0 Å². The van der Waals surface area contributed by atoms with Crippen LogP contribution >= 0.6 is 0 Å². The topological polar surface area (TPSA) is 86.8 Å². The Hall–Kier alpha value is -3.72. The largest absolute Gasteiger partial charge is 0.350 e. The van der Waals surface area contributed by atoms with E-state index in [1.807, 2.05) is 29.2 Å². The quantitative estimate of drug-likeness (QED) is 0.493. The monoisotopic (exact) mass is 495 g/mol. The SMILES string of the molecule is O=C(CN(c1ccc(F)cc1)S(=O)(=O)c1ccccc1)NCc1ccc(CN2CCCC2=O)cc1. The zero-order valence-corrected chi connectivity index (χ0v) is 19.9. The first kappa shape index (κ1) is 24.4. The molecule has 0 spiro atoms. The van der Waals surface area contributed by atoms with E-state index in [4.69, 9.17) is 0 Å². The minimum Gasteiger partial charge on any atom is -0.350 e. The second kappa shape index (κ2) is 10.7. The number of carbonyl (C=O) groups excluding carboxylic acids is 2. The molecule has 7 nitrogen and oxygen atoms in total. The average molecular weight is 496 g/mol. The lowest BCUT2D eigenvalue weighted by molar-refractivity contribution is -0.128. The van der Waals surface area contributed by atoms with Crippen LogP contribution in [0, 0.1) is 5.82 Å². The molecule has 0 aromatic heterocycles. The molecule has 0 bridgehead atoms. The number of hydrogen-bond donors (Lipinski definition) is 1. The van der Waals surface area contributed by atoms with Gasteiger partial charge in [0.2, 0.25) is 11.8 Å². The summed E-state index contributed by atoms with van der Waals surface area (Å²) in [6.07, 6.45) is 1.48. The van der Waals surface area contributed by atoms with Crippen LogP contribution in [-0.4, -0.2) is 38.2 Å². The van der Waals surface area contributed by atoms with Crippen LogP contribution in [0.15, 0.2) is 83.8 Å². The van der Waals surface area contributed by atoms with E-state index in [1.54, 1.807) is 18.2 Å². The van der Waals surface area contributed by atoms with Gasteiger partial charge in [0.05, 0.1) is 10.6 Å². The van der Waals surface area contributed by atoms with Crippen molar-refractivity contribution in [1.82, 2.24) is 10.2 Å². The number of nitrogens with one attached hydrogen (secondary N) is 1. The summed E-state index contributed by atoms with van der Waals surface area (Å²) in [5.41, 5.74) is 2.03. The molecule has 35 heavy (non-hydrogen) atoms. The van der Waals surface area contributed by atoms with Crippen molar-refractivity contribution in [2.75, 3.05) is 17.4 Å². The Balaban J connectivity index is 1.42. The predicted molar refractivity (Wildman–Crippen MR) is 130 cm³/mol. The number of rotatable bonds is 9. The molecular weight excluding hydrogens is 469 g/mol. The average Bonchev–Trinajstić information content (AvgIpc) is 3.27. The summed E-state index contributed by atoms with van der Waals surface area (Å²) in [7, 11) is -4.05. The van der Waals surface area contributed by atoms with Gasteiger partial charge in [0.1, 0.15) is 12.4 Å². The Bertz CT molecular complexity index is 1280. The third-order valence-electron chi connectivity index (χ3n) is 5.79. The molecule has 0 saturated carbocycles. The van der Waals surface area contributed by atoms with Gasteiger partial charge in [-0.1, -0.05) is 42.5 Å². The number of hydrogen-bond acceptors (Lipinski definition) is 4. The molecule has 1 aliphatic rings. The van der Waals surface area contributed by atoms with Gasteiger partial charge in [0, 0.05) is 26.1 Å². The molecule has 3 aromatic carbocycles. The number of benzene rings is 3. The lowest BCUT2D eigenvalue weighted by Crippen LogP contribution is -2.40. The Kier molecular flexibility index (Phi) is 7.45. The first-order valence-electron chi connectivity index (χ1n) is 11.3. The third-order valence-corrected chi connectivity index (χ3v) is 7.58. The van der Waals surface area contributed by atoms with Crippen LogP contribution in [0.25, 0.3) is 0 Å². The fourth-order valence-electron chi connectivity index (χ4n) is 3.88. The normalized spacial score (nSPS) is 13.6. The van der Waals surface area contributed by atoms with Crippen LogP contribution in [0.2, 0.25) is 0 Å². The summed E-state index contributed by atoms with van der Waals surface area (Å²) in [5, 5.41) is 2.75. The number of likely N-dealkylation sites (tertiary alicyclic amines) is 1. The van der Waals surface area contributed by atoms with Crippen molar-refractivity contribution >= 4 is 27.5 Å². The highest BCUT2D eigenvalue weighted by Crippen LogP contribution is 2.24. The summed E-state index contributed by atoms with van der Waals surface area (Å²) in [6, 6.07) is 20.3. The summed E-state index contributed by atoms with van der Waals surface area (Å²) in [4.78, 5) is 26.4. The smallest absolute Gasteiger partial charge is 0.264 e.